The van der Waals surface area contributed by atoms with Gasteiger partial charge in [0.05, 0.1) is 26.2 Å². The van der Waals surface area contributed by atoms with Crippen molar-refractivity contribution in [3.63, 3.8) is 0 Å². The molecule has 1 aromatic carbocycles. The highest BCUT2D eigenvalue weighted by Crippen LogP contribution is 2.39. The maximum absolute atomic E-state index is 14.0. The molecule has 0 radical (unpaired) electrons. The number of aromatic nitrogens is 2. The highest BCUT2D eigenvalue weighted by molar-refractivity contribution is 6.03. The number of esters is 7. The van der Waals surface area contributed by atoms with E-state index in [1.165, 1.54) is 18.2 Å². The van der Waals surface area contributed by atoms with Crippen molar-refractivity contribution in [1.29, 1.82) is 0 Å². The van der Waals surface area contributed by atoms with Gasteiger partial charge in [-0.05, 0) is 18.2 Å². The minimum Gasteiger partial charge on any atom is -0.465 e. The van der Waals surface area contributed by atoms with E-state index in [0.717, 1.165) is 66.3 Å². The van der Waals surface area contributed by atoms with Gasteiger partial charge in [0, 0.05) is 60.2 Å². The Morgan fingerprint density at radius 3 is 1.98 bits per heavy atom. The van der Waals surface area contributed by atoms with E-state index in [4.69, 9.17) is 47.4 Å². The molecule has 0 aliphatic carbocycles. The Balaban J connectivity index is 1.80. The molecular formula is C40H48N4O20. The number of rotatable bonds is 17. The van der Waals surface area contributed by atoms with Crippen molar-refractivity contribution in [3.05, 3.63) is 58.6 Å². The Hall–Kier alpha value is -6.79. The van der Waals surface area contributed by atoms with Crippen molar-refractivity contribution in [2.24, 2.45) is 0 Å². The van der Waals surface area contributed by atoms with E-state index in [1.807, 2.05) is 0 Å². The van der Waals surface area contributed by atoms with Crippen LogP contribution in [0.15, 0.2) is 47.4 Å². The van der Waals surface area contributed by atoms with E-state index in [-0.39, 0.29) is 11.4 Å². The maximum Gasteiger partial charge on any atom is 0.366 e. The van der Waals surface area contributed by atoms with Crippen molar-refractivity contribution < 1.29 is 90.5 Å². The van der Waals surface area contributed by atoms with Gasteiger partial charge in [0.25, 0.3) is 11.7 Å². The smallest absolute Gasteiger partial charge is 0.366 e. The van der Waals surface area contributed by atoms with Gasteiger partial charge >= 0.3 is 47.5 Å². The number of anilines is 1. The Morgan fingerprint density at radius 1 is 0.812 bits per heavy atom. The molecule has 348 valence electrons. The lowest BCUT2D eigenvalue weighted by atomic mass is 9.88. The number of nitrogens with one attached hydrogen (secondary N) is 2. The third kappa shape index (κ3) is 13.1. The van der Waals surface area contributed by atoms with Crippen LogP contribution in [0.1, 0.15) is 71.5 Å². The van der Waals surface area contributed by atoms with Gasteiger partial charge in [-0.2, -0.15) is 4.98 Å². The first kappa shape index (κ1) is 49.9. The largest absolute Gasteiger partial charge is 0.465 e. The number of nitrogens with zero attached hydrogens (tertiary/aromatic N) is 2. The molecule has 10 atom stereocenters. The van der Waals surface area contributed by atoms with Crippen LogP contribution in [0.2, 0.25) is 0 Å². The van der Waals surface area contributed by atoms with E-state index in [2.05, 4.69) is 15.6 Å². The summed E-state index contributed by atoms with van der Waals surface area (Å²) in [6.07, 6.45) is -13.0. The van der Waals surface area contributed by atoms with Gasteiger partial charge in [-0.3, -0.25) is 42.9 Å². The summed E-state index contributed by atoms with van der Waals surface area (Å²) in [5.74, 6) is -11.1. The van der Waals surface area contributed by atoms with Crippen molar-refractivity contribution in [2.75, 3.05) is 25.6 Å². The molecule has 2 amide bonds. The molecule has 0 unspecified atom stereocenters. The number of benzene rings is 1. The highest BCUT2D eigenvalue weighted by atomic mass is 16.8. The topological polar surface area (TPSA) is 305 Å². The Labute approximate surface area is 364 Å². The van der Waals surface area contributed by atoms with E-state index >= 15 is 0 Å². The molecule has 2 aliphatic heterocycles. The number of carbonyl (C=O) groups is 9. The summed E-state index contributed by atoms with van der Waals surface area (Å²) in [4.78, 5) is 131. The first-order chi connectivity index (χ1) is 30.1. The number of ether oxygens (including phenoxy) is 10. The molecular weight excluding hydrogens is 856 g/mol. The number of methoxy groups -OCH3 is 1. The van der Waals surface area contributed by atoms with Crippen LogP contribution in [0.5, 0.6) is 0 Å². The molecule has 4 rings (SSSR count). The quantitative estimate of drug-likeness (QED) is 0.153. The fraction of sp³-hybridized carbons (Fsp3) is 0.525. The lowest BCUT2D eigenvalue weighted by Crippen LogP contribution is -2.69. The molecule has 0 bridgehead atoms. The van der Waals surface area contributed by atoms with Gasteiger partial charge in [0.1, 0.15) is 30.7 Å². The van der Waals surface area contributed by atoms with Crippen LogP contribution in [-0.2, 0) is 85.7 Å². The number of hydrogen-bond donors (Lipinski definition) is 2. The van der Waals surface area contributed by atoms with Gasteiger partial charge in [0.15, 0.2) is 30.6 Å². The molecule has 2 aliphatic rings. The van der Waals surface area contributed by atoms with Crippen molar-refractivity contribution in [1.82, 2.24) is 14.9 Å². The standard InChI is InChI=1S/C40H48N4O20/c1-19(45)41-31-27(58-21(3)47)16-40(38(53)55-8,64-34(31)32(60-23(5)49)28(59-22(4)48)17-56-20(2)46)57-18-29-33(61-24(6)50)35(62-25(7)51)37(63-29)44-15-14-30(43-39(44)54)42-36(52)26-12-10-9-11-13-26/h9-15,27-29,31-35,37H,16-18H2,1-8H3,(H,41,45)(H,42,43,52,54)/t27-,28+,29+,31+,32+,33+,34+,35+,37+,40-/m0/s1. The summed E-state index contributed by atoms with van der Waals surface area (Å²) < 4.78 is 57.2. The first-order valence-electron chi connectivity index (χ1n) is 19.4. The zero-order chi connectivity index (χ0) is 47.5. The average Bonchev–Trinajstić information content (AvgIpc) is 3.52. The predicted octanol–water partition coefficient (Wildman–Crippen LogP) is -0.206. The molecule has 24 nitrogen and oxygen atoms in total. The number of amides is 2. The zero-order valence-corrected chi connectivity index (χ0v) is 35.9. The second kappa shape index (κ2) is 22.0. The Bertz CT molecular complexity index is 2150. The van der Waals surface area contributed by atoms with Crippen LogP contribution >= 0.6 is 0 Å². The maximum atomic E-state index is 14.0. The van der Waals surface area contributed by atoms with Crippen molar-refractivity contribution in [2.45, 2.75) is 116 Å². The van der Waals surface area contributed by atoms with Gasteiger partial charge in [-0.25, -0.2) is 9.59 Å². The summed E-state index contributed by atoms with van der Waals surface area (Å²) in [5, 5.41) is 5.02. The summed E-state index contributed by atoms with van der Waals surface area (Å²) >= 11 is 0. The summed E-state index contributed by atoms with van der Waals surface area (Å²) in [7, 11) is 0.935. The number of hydrogen-bond acceptors (Lipinski definition) is 21. The van der Waals surface area contributed by atoms with Crippen LogP contribution in [0.25, 0.3) is 0 Å². The van der Waals surface area contributed by atoms with Gasteiger partial charge in [-0.1, -0.05) is 18.2 Å². The first-order valence-corrected chi connectivity index (χ1v) is 19.4. The fourth-order valence-corrected chi connectivity index (χ4v) is 6.94. The van der Waals surface area contributed by atoms with E-state index < -0.39 is 140 Å². The molecule has 2 N–H and O–H groups in total. The van der Waals surface area contributed by atoms with Gasteiger partial charge in [-0.15, -0.1) is 0 Å². The highest BCUT2D eigenvalue weighted by Gasteiger charge is 2.60. The second-order valence-electron chi connectivity index (χ2n) is 14.3. The third-order valence-corrected chi connectivity index (χ3v) is 9.25. The third-order valence-electron chi connectivity index (χ3n) is 9.25. The van der Waals surface area contributed by atoms with Crippen molar-refractivity contribution in [3.8, 4) is 0 Å². The average molecular weight is 905 g/mol. The molecule has 1 aromatic heterocycles. The molecule has 64 heavy (non-hydrogen) atoms. The summed E-state index contributed by atoms with van der Waals surface area (Å²) in [6.45, 7) is 5.53. The molecule has 0 spiro atoms. The summed E-state index contributed by atoms with van der Waals surface area (Å²) in [5.41, 5.74) is -0.757. The van der Waals surface area contributed by atoms with Gasteiger partial charge < -0.3 is 58.0 Å². The predicted molar refractivity (Wildman–Crippen MR) is 209 cm³/mol. The van der Waals surface area contributed by atoms with Crippen LogP contribution in [-0.4, -0.2) is 138 Å². The van der Waals surface area contributed by atoms with Crippen LogP contribution in [0, 0.1) is 0 Å². The van der Waals surface area contributed by atoms with Gasteiger partial charge in [0.2, 0.25) is 5.91 Å². The molecule has 2 aromatic rings. The fourth-order valence-electron chi connectivity index (χ4n) is 6.94. The molecule has 3 heterocycles. The lowest BCUT2D eigenvalue weighted by molar-refractivity contribution is -0.319. The zero-order valence-electron chi connectivity index (χ0n) is 35.9. The lowest BCUT2D eigenvalue weighted by Gasteiger charge is -2.48. The van der Waals surface area contributed by atoms with Crippen LogP contribution < -0.4 is 16.3 Å². The normalized spacial score (nSPS) is 24.7. The van der Waals surface area contributed by atoms with E-state index in [1.54, 1.807) is 18.2 Å². The second-order valence-corrected chi connectivity index (χ2v) is 14.3. The van der Waals surface area contributed by atoms with E-state index in [0.29, 0.717) is 0 Å². The molecule has 24 heteroatoms. The Morgan fingerprint density at radius 2 is 1.44 bits per heavy atom. The molecule has 0 saturated carbocycles. The SMILES string of the molecule is COC(=O)[C@]1(OC[C@H]2O[C@@H](n3ccc(NC(=O)c4ccccc4)nc3=O)[C@H](OC(C)=O)[C@@H]2OC(C)=O)C[C@H](OC(C)=O)[C@@H](NC(C)=O)[C@H]([C@H](OC(C)=O)[C@@H](COC(C)=O)OC(C)=O)O1. The van der Waals surface area contributed by atoms with Crippen LogP contribution in [0.3, 0.4) is 0 Å². The van der Waals surface area contributed by atoms with Crippen LogP contribution in [0.4, 0.5) is 5.82 Å². The minimum atomic E-state index is -2.73. The summed E-state index contributed by atoms with van der Waals surface area (Å²) in [6, 6.07) is 7.77. The van der Waals surface area contributed by atoms with Crippen molar-refractivity contribution >= 4 is 59.4 Å². The monoisotopic (exact) mass is 904 g/mol. The molecule has 2 fully saturated rings. The minimum absolute atomic E-state index is 0.159. The Kier molecular flexibility index (Phi) is 17.2. The molecule has 2 saturated heterocycles. The number of carbonyl (C=O) groups excluding carboxylic acids is 9. The van der Waals surface area contributed by atoms with E-state index in [9.17, 15) is 47.9 Å².